The number of amides is 1. The zero-order valence-corrected chi connectivity index (χ0v) is 12.2. The van der Waals surface area contributed by atoms with Crippen LogP contribution in [0, 0.1) is 0 Å². The van der Waals surface area contributed by atoms with Crippen LogP contribution in [0.1, 0.15) is 12.5 Å². The Morgan fingerprint density at radius 1 is 1.29 bits per heavy atom. The molecule has 1 unspecified atom stereocenters. The molecule has 0 aliphatic carbocycles. The van der Waals surface area contributed by atoms with Crippen LogP contribution in [0.4, 0.5) is 0 Å². The lowest BCUT2D eigenvalue weighted by Gasteiger charge is -2.15. The molecular weight excluding hydrogens is 270 g/mol. The molecule has 1 aromatic rings. The summed E-state index contributed by atoms with van der Waals surface area (Å²) in [6.45, 7) is 1.65. The van der Waals surface area contributed by atoms with Gasteiger partial charge in [0.25, 0.3) is 12.2 Å². The lowest BCUT2D eigenvalue weighted by atomic mass is 10.1. The molecule has 0 N–H and O–H groups in total. The van der Waals surface area contributed by atoms with Gasteiger partial charge in [0.15, 0.2) is 0 Å². The van der Waals surface area contributed by atoms with Crippen LogP contribution >= 0.6 is 0 Å². The molecule has 1 aliphatic rings. The van der Waals surface area contributed by atoms with Gasteiger partial charge in [-0.2, -0.15) is 0 Å². The minimum atomic E-state index is -0.786. The Morgan fingerprint density at radius 3 is 2.48 bits per heavy atom. The third-order valence-electron chi connectivity index (χ3n) is 2.97. The zero-order valence-electron chi connectivity index (χ0n) is 12.2. The van der Waals surface area contributed by atoms with E-state index >= 15 is 0 Å². The number of esters is 1. The molecule has 0 saturated carbocycles. The van der Waals surface area contributed by atoms with E-state index in [-0.39, 0.29) is 5.91 Å². The van der Waals surface area contributed by atoms with Crippen molar-refractivity contribution in [1.82, 2.24) is 4.90 Å². The van der Waals surface area contributed by atoms with Crippen LogP contribution in [-0.4, -0.2) is 37.2 Å². The quantitative estimate of drug-likeness (QED) is 0.482. The normalized spacial score (nSPS) is 18.0. The molecule has 5 nitrogen and oxygen atoms in total. The van der Waals surface area contributed by atoms with E-state index < -0.39 is 12.3 Å². The molecule has 5 heteroatoms. The van der Waals surface area contributed by atoms with E-state index in [1.54, 1.807) is 27.1 Å². The largest absolute Gasteiger partial charge is 0.458 e. The average Bonchev–Trinajstić information content (AvgIpc) is 2.78. The van der Waals surface area contributed by atoms with Gasteiger partial charge in [-0.3, -0.25) is 4.79 Å². The fourth-order valence-electron chi connectivity index (χ4n) is 1.81. The molecule has 1 heterocycles. The summed E-state index contributed by atoms with van der Waals surface area (Å²) in [4.78, 5) is 25.0. The molecule has 1 aliphatic heterocycles. The van der Waals surface area contributed by atoms with Crippen LogP contribution in [0.3, 0.4) is 0 Å². The van der Waals surface area contributed by atoms with Crippen molar-refractivity contribution in [2.45, 2.75) is 13.2 Å². The molecule has 1 aromatic carbocycles. The van der Waals surface area contributed by atoms with Crippen molar-refractivity contribution >= 4 is 17.4 Å². The number of carbonyl (C=O) groups excluding carboxylic acids is 2. The molecule has 0 fully saturated rings. The van der Waals surface area contributed by atoms with Crippen LogP contribution in [0.25, 0.3) is 5.57 Å². The van der Waals surface area contributed by atoms with E-state index in [4.69, 9.17) is 9.47 Å². The number of cyclic esters (lactones) is 1. The summed E-state index contributed by atoms with van der Waals surface area (Å²) in [5.41, 5.74) is 1.63. The van der Waals surface area contributed by atoms with Crippen molar-refractivity contribution in [2.75, 3.05) is 14.1 Å². The molecule has 0 saturated heterocycles. The molecular formula is C16H17NO4. The Balaban J connectivity index is 2.22. The number of likely N-dealkylation sites (N-methyl/N-ethyl adjacent to an activating group) is 1. The smallest absolute Gasteiger partial charge is 0.336 e. The lowest BCUT2D eigenvalue weighted by molar-refractivity contribution is -0.152. The minimum Gasteiger partial charge on any atom is -0.458 e. The lowest BCUT2D eigenvalue weighted by Crippen LogP contribution is -2.23. The highest BCUT2D eigenvalue weighted by molar-refractivity contribution is 6.18. The van der Waals surface area contributed by atoms with Gasteiger partial charge < -0.3 is 14.4 Å². The second-order valence-electron chi connectivity index (χ2n) is 4.86. The number of hydrogen-bond donors (Lipinski definition) is 0. The summed E-state index contributed by atoms with van der Waals surface area (Å²) in [6, 6.07) is 9.18. The van der Waals surface area contributed by atoms with Gasteiger partial charge in [0.1, 0.15) is 6.26 Å². The van der Waals surface area contributed by atoms with Gasteiger partial charge >= 0.3 is 5.97 Å². The molecule has 0 spiro atoms. The highest BCUT2D eigenvalue weighted by Gasteiger charge is 2.23. The van der Waals surface area contributed by atoms with Gasteiger partial charge in [0, 0.05) is 25.7 Å². The first-order valence-corrected chi connectivity index (χ1v) is 6.51. The van der Waals surface area contributed by atoms with Crippen molar-refractivity contribution in [3.8, 4) is 0 Å². The maximum atomic E-state index is 12.2. The van der Waals surface area contributed by atoms with Gasteiger partial charge in [-0.05, 0) is 12.5 Å². The third kappa shape index (κ3) is 3.51. The predicted molar refractivity (Wildman–Crippen MR) is 77.8 cm³/mol. The summed E-state index contributed by atoms with van der Waals surface area (Å²) in [5, 5.41) is 0. The van der Waals surface area contributed by atoms with Gasteiger partial charge in [-0.1, -0.05) is 30.3 Å². The Kier molecular flexibility index (Phi) is 4.42. The molecule has 110 valence electrons. The number of carbonyl (C=O) groups is 2. The zero-order chi connectivity index (χ0) is 15.4. The molecule has 2 rings (SSSR count). The van der Waals surface area contributed by atoms with Gasteiger partial charge in [-0.25, -0.2) is 4.79 Å². The van der Waals surface area contributed by atoms with Crippen LogP contribution in [0.5, 0.6) is 0 Å². The van der Waals surface area contributed by atoms with Crippen molar-refractivity contribution in [2.24, 2.45) is 0 Å². The Hall–Kier alpha value is -2.56. The Bertz CT molecular complexity index is 602. The fraction of sp³-hybridized carbons (Fsp3) is 0.250. The molecule has 1 amide bonds. The molecule has 0 bridgehead atoms. The van der Waals surface area contributed by atoms with E-state index in [0.29, 0.717) is 11.1 Å². The Labute approximate surface area is 123 Å². The van der Waals surface area contributed by atoms with Crippen molar-refractivity contribution in [3.63, 3.8) is 0 Å². The first kappa shape index (κ1) is 14.8. The SMILES string of the molecule is CC1=CC(O/C=C(\C(=O)N(C)C)c2ccccc2)OC1=O. The van der Waals surface area contributed by atoms with E-state index in [1.165, 1.54) is 11.2 Å². The van der Waals surface area contributed by atoms with Gasteiger partial charge in [0.2, 0.25) is 0 Å². The molecule has 1 atom stereocenters. The average molecular weight is 287 g/mol. The summed E-state index contributed by atoms with van der Waals surface area (Å²) in [6.07, 6.45) is 2.12. The summed E-state index contributed by atoms with van der Waals surface area (Å²) in [7, 11) is 3.33. The highest BCUT2D eigenvalue weighted by atomic mass is 16.7. The highest BCUT2D eigenvalue weighted by Crippen LogP contribution is 2.19. The van der Waals surface area contributed by atoms with Crippen LogP contribution in [-0.2, 0) is 19.1 Å². The molecule has 0 aromatic heterocycles. The van der Waals surface area contributed by atoms with Crippen molar-refractivity contribution < 1.29 is 19.1 Å². The standard InChI is InChI=1S/C16H17NO4/c1-11-9-14(21-16(11)19)20-10-13(15(18)17(2)3)12-7-5-4-6-8-12/h4-10,14H,1-3H3/b13-10-. The summed E-state index contributed by atoms with van der Waals surface area (Å²) >= 11 is 0. The monoisotopic (exact) mass is 287 g/mol. The van der Waals surface area contributed by atoms with E-state index in [2.05, 4.69) is 0 Å². The second-order valence-corrected chi connectivity index (χ2v) is 4.86. The molecule has 0 radical (unpaired) electrons. The maximum absolute atomic E-state index is 12.2. The number of rotatable bonds is 4. The Morgan fingerprint density at radius 2 is 1.95 bits per heavy atom. The third-order valence-corrected chi connectivity index (χ3v) is 2.97. The summed E-state index contributed by atoms with van der Waals surface area (Å²) < 4.78 is 10.4. The van der Waals surface area contributed by atoms with E-state index in [1.807, 2.05) is 30.3 Å². The van der Waals surface area contributed by atoms with Crippen LogP contribution < -0.4 is 0 Å². The topological polar surface area (TPSA) is 55.8 Å². The van der Waals surface area contributed by atoms with Gasteiger partial charge in [0.05, 0.1) is 5.57 Å². The number of ether oxygens (including phenoxy) is 2. The number of nitrogens with zero attached hydrogens (tertiary/aromatic N) is 1. The number of benzene rings is 1. The van der Waals surface area contributed by atoms with Gasteiger partial charge in [-0.15, -0.1) is 0 Å². The fourth-order valence-corrected chi connectivity index (χ4v) is 1.81. The minimum absolute atomic E-state index is 0.189. The predicted octanol–water partition coefficient (Wildman–Crippen LogP) is 1.96. The maximum Gasteiger partial charge on any atom is 0.336 e. The first-order chi connectivity index (χ1) is 9.99. The van der Waals surface area contributed by atoms with E-state index in [9.17, 15) is 9.59 Å². The van der Waals surface area contributed by atoms with Crippen molar-refractivity contribution in [3.05, 3.63) is 53.8 Å². The molecule has 21 heavy (non-hydrogen) atoms. The van der Waals surface area contributed by atoms with Crippen LogP contribution in [0.15, 0.2) is 48.2 Å². The first-order valence-electron chi connectivity index (χ1n) is 6.51. The second kappa shape index (κ2) is 6.26. The summed E-state index contributed by atoms with van der Waals surface area (Å²) in [5.74, 6) is -0.597. The number of hydrogen-bond acceptors (Lipinski definition) is 4. The van der Waals surface area contributed by atoms with E-state index in [0.717, 1.165) is 5.56 Å². The van der Waals surface area contributed by atoms with Crippen molar-refractivity contribution in [1.29, 1.82) is 0 Å². The van der Waals surface area contributed by atoms with Crippen LogP contribution in [0.2, 0.25) is 0 Å².